The van der Waals surface area contributed by atoms with E-state index in [2.05, 4.69) is 15.5 Å². The van der Waals surface area contributed by atoms with Crippen LogP contribution >= 0.6 is 0 Å². The van der Waals surface area contributed by atoms with Gasteiger partial charge < -0.3 is 16.2 Å². The second-order valence-electron chi connectivity index (χ2n) is 4.10. The lowest BCUT2D eigenvalue weighted by Gasteiger charge is -2.13. The number of benzene rings is 1. The molecule has 96 valence electrons. The fourth-order valence-electron chi connectivity index (χ4n) is 1.76. The standard InChI is InChI=1S/C11H16N6O/c1-7(6-18-2)17-11(14-15-16-17)9-4-3-8(12)5-10(9)13/h3-5,7H,6,12-13H2,1-2H3. The lowest BCUT2D eigenvalue weighted by molar-refractivity contribution is 0.156. The van der Waals surface area contributed by atoms with Gasteiger partial charge in [-0.2, -0.15) is 0 Å². The van der Waals surface area contributed by atoms with Crippen molar-refractivity contribution in [3.8, 4) is 11.4 Å². The average Bonchev–Trinajstić information content (AvgIpc) is 2.78. The second-order valence-corrected chi connectivity index (χ2v) is 4.10. The summed E-state index contributed by atoms with van der Waals surface area (Å²) < 4.78 is 6.79. The lowest BCUT2D eigenvalue weighted by Crippen LogP contribution is -2.14. The number of nitrogen functional groups attached to an aromatic ring is 2. The van der Waals surface area contributed by atoms with Gasteiger partial charge in [-0.3, -0.25) is 0 Å². The smallest absolute Gasteiger partial charge is 0.184 e. The van der Waals surface area contributed by atoms with E-state index in [9.17, 15) is 0 Å². The normalized spacial score (nSPS) is 12.6. The van der Waals surface area contributed by atoms with Crippen LogP contribution in [-0.2, 0) is 4.74 Å². The van der Waals surface area contributed by atoms with Crippen molar-refractivity contribution in [1.29, 1.82) is 0 Å². The lowest BCUT2D eigenvalue weighted by atomic mass is 10.1. The van der Waals surface area contributed by atoms with Crippen molar-refractivity contribution in [2.75, 3.05) is 25.2 Å². The summed E-state index contributed by atoms with van der Waals surface area (Å²) in [6.07, 6.45) is 0. The molecule has 2 rings (SSSR count). The van der Waals surface area contributed by atoms with Gasteiger partial charge in [-0.05, 0) is 35.5 Å². The molecular weight excluding hydrogens is 232 g/mol. The Bertz CT molecular complexity index is 538. The maximum atomic E-state index is 5.94. The Labute approximate surface area is 105 Å². The van der Waals surface area contributed by atoms with Crippen molar-refractivity contribution in [2.45, 2.75) is 13.0 Å². The molecule has 7 nitrogen and oxygen atoms in total. The van der Waals surface area contributed by atoms with Gasteiger partial charge in [0, 0.05) is 24.0 Å². The monoisotopic (exact) mass is 248 g/mol. The minimum atomic E-state index is 0.0250. The Balaban J connectivity index is 2.42. The number of anilines is 2. The number of hydrogen-bond donors (Lipinski definition) is 2. The Hall–Kier alpha value is -2.15. The first kappa shape index (κ1) is 12.3. The van der Waals surface area contributed by atoms with E-state index >= 15 is 0 Å². The van der Waals surface area contributed by atoms with Crippen LogP contribution in [0.4, 0.5) is 11.4 Å². The second kappa shape index (κ2) is 5.01. The number of aromatic nitrogens is 4. The van der Waals surface area contributed by atoms with Crippen LogP contribution in [0, 0.1) is 0 Å². The first-order valence-corrected chi connectivity index (χ1v) is 5.55. The summed E-state index contributed by atoms with van der Waals surface area (Å²) in [6, 6.07) is 5.30. The molecule has 0 saturated carbocycles. The SMILES string of the molecule is COCC(C)n1nnnc1-c1ccc(N)cc1N. The topological polar surface area (TPSA) is 105 Å². The summed E-state index contributed by atoms with van der Waals surface area (Å²) in [5, 5.41) is 11.7. The fraction of sp³-hybridized carbons (Fsp3) is 0.364. The fourth-order valence-corrected chi connectivity index (χ4v) is 1.76. The van der Waals surface area contributed by atoms with E-state index in [-0.39, 0.29) is 6.04 Å². The van der Waals surface area contributed by atoms with E-state index in [0.29, 0.717) is 23.8 Å². The molecule has 0 saturated heterocycles. The van der Waals surface area contributed by atoms with Crippen LogP contribution in [0.2, 0.25) is 0 Å². The summed E-state index contributed by atoms with van der Waals surface area (Å²) >= 11 is 0. The van der Waals surface area contributed by atoms with Crippen LogP contribution in [0.5, 0.6) is 0 Å². The van der Waals surface area contributed by atoms with E-state index in [1.807, 2.05) is 13.0 Å². The highest BCUT2D eigenvalue weighted by Crippen LogP contribution is 2.26. The molecule has 1 aromatic carbocycles. The van der Waals surface area contributed by atoms with Crippen molar-refractivity contribution < 1.29 is 4.74 Å². The van der Waals surface area contributed by atoms with Crippen LogP contribution < -0.4 is 11.5 Å². The van der Waals surface area contributed by atoms with Gasteiger partial charge in [0.05, 0.1) is 12.6 Å². The van der Waals surface area contributed by atoms with Gasteiger partial charge in [-0.1, -0.05) is 0 Å². The molecule has 4 N–H and O–H groups in total. The molecule has 0 aliphatic heterocycles. The summed E-state index contributed by atoms with van der Waals surface area (Å²) in [6.45, 7) is 2.49. The molecule has 0 aliphatic rings. The van der Waals surface area contributed by atoms with E-state index < -0.39 is 0 Å². The molecular formula is C11H16N6O. The molecule has 0 bridgehead atoms. The van der Waals surface area contributed by atoms with Gasteiger partial charge in [0.2, 0.25) is 0 Å². The van der Waals surface area contributed by atoms with Gasteiger partial charge in [-0.15, -0.1) is 5.10 Å². The zero-order chi connectivity index (χ0) is 13.1. The maximum Gasteiger partial charge on any atom is 0.184 e. The summed E-state index contributed by atoms with van der Waals surface area (Å²) in [4.78, 5) is 0. The van der Waals surface area contributed by atoms with Gasteiger partial charge in [-0.25, -0.2) is 4.68 Å². The van der Waals surface area contributed by atoms with Crippen molar-refractivity contribution >= 4 is 11.4 Å². The largest absolute Gasteiger partial charge is 0.399 e. The van der Waals surface area contributed by atoms with Crippen molar-refractivity contribution in [3.05, 3.63) is 18.2 Å². The highest BCUT2D eigenvalue weighted by Gasteiger charge is 2.16. The summed E-state index contributed by atoms with van der Waals surface area (Å²) in [5.41, 5.74) is 13.5. The zero-order valence-electron chi connectivity index (χ0n) is 10.4. The predicted molar refractivity (Wildman–Crippen MR) is 68.7 cm³/mol. The van der Waals surface area contributed by atoms with Crippen LogP contribution in [0.25, 0.3) is 11.4 Å². The van der Waals surface area contributed by atoms with Gasteiger partial charge in [0.15, 0.2) is 5.82 Å². The van der Waals surface area contributed by atoms with Gasteiger partial charge >= 0.3 is 0 Å². The van der Waals surface area contributed by atoms with E-state index in [1.54, 1.807) is 23.9 Å². The molecule has 2 aromatic rings. The summed E-state index contributed by atoms with van der Waals surface area (Å²) in [5.74, 6) is 0.608. The Morgan fingerprint density at radius 3 is 2.83 bits per heavy atom. The van der Waals surface area contributed by atoms with Crippen LogP contribution in [0.1, 0.15) is 13.0 Å². The molecule has 0 spiro atoms. The Morgan fingerprint density at radius 1 is 1.39 bits per heavy atom. The number of tetrazole rings is 1. The van der Waals surface area contributed by atoms with Gasteiger partial charge in [0.25, 0.3) is 0 Å². The quantitative estimate of drug-likeness (QED) is 0.772. The van der Waals surface area contributed by atoms with Crippen molar-refractivity contribution in [2.24, 2.45) is 0 Å². The van der Waals surface area contributed by atoms with Gasteiger partial charge in [0.1, 0.15) is 0 Å². The Kier molecular flexibility index (Phi) is 3.42. The minimum Gasteiger partial charge on any atom is -0.399 e. The molecule has 1 heterocycles. The van der Waals surface area contributed by atoms with Crippen LogP contribution in [-0.4, -0.2) is 33.9 Å². The third-order valence-corrected chi connectivity index (χ3v) is 2.63. The van der Waals surface area contributed by atoms with Crippen LogP contribution in [0.3, 0.4) is 0 Å². The molecule has 1 aromatic heterocycles. The predicted octanol–water partition coefficient (Wildman–Crippen LogP) is 0.712. The minimum absolute atomic E-state index is 0.0250. The summed E-state index contributed by atoms with van der Waals surface area (Å²) in [7, 11) is 1.64. The van der Waals surface area contributed by atoms with Crippen molar-refractivity contribution in [1.82, 2.24) is 20.2 Å². The number of nitrogens with two attached hydrogens (primary N) is 2. The average molecular weight is 248 g/mol. The molecule has 18 heavy (non-hydrogen) atoms. The first-order chi connectivity index (χ1) is 8.63. The molecule has 0 amide bonds. The van der Waals surface area contributed by atoms with E-state index in [0.717, 1.165) is 5.56 Å². The van der Waals surface area contributed by atoms with Crippen LogP contribution in [0.15, 0.2) is 18.2 Å². The molecule has 0 fully saturated rings. The molecule has 7 heteroatoms. The number of nitrogens with zero attached hydrogens (tertiary/aromatic N) is 4. The van der Waals surface area contributed by atoms with Crippen molar-refractivity contribution in [3.63, 3.8) is 0 Å². The highest BCUT2D eigenvalue weighted by molar-refractivity contribution is 5.74. The number of methoxy groups -OCH3 is 1. The first-order valence-electron chi connectivity index (χ1n) is 5.55. The number of ether oxygens (including phenoxy) is 1. The maximum absolute atomic E-state index is 5.94. The van der Waals surface area contributed by atoms with E-state index in [4.69, 9.17) is 16.2 Å². The molecule has 1 atom stereocenters. The van der Waals surface area contributed by atoms with E-state index in [1.165, 1.54) is 0 Å². The number of rotatable bonds is 4. The molecule has 0 radical (unpaired) electrons. The third kappa shape index (κ3) is 2.25. The molecule has 1 unspecified atom stereocenters. The zero-order valence-corrected chi connectivity index (χ0v) is 10.4. The highest BCUT2D eigenvalue weighted by atomic mass is 16.5. The third-order valence-electron chi connectivity index (χ3n) is 2.63. The Morgan fingerprint density at radius 2 is 2.17 bits per heavy atom. The number of hydrogen-bond acceptors (Lipinski definition) is 6. The molecule has 0 aliphatic carbocycles.